The maximum Gasteiger partial charge on any atom is 0.405 e. The molecule has 188 valence electrons. The molecule has 2 atom stereocenters. The summed E-state index contributed by atoms with van der Waals surface area (Å²) < 4.78 is 10.5. The van der Waals surface area contributed by atoms with E-state index in [1.54, 1.807) is 13.8 Å². The van der Waals surface area contributed by atoms with Gasteiger partial charge in [0.2, 0.25) is 0 Å². The number of nitrogens with one attached hydrogen (secondary N) is 2. The summed E-state index contributed by atoms with van der Waals surface area (Å²) in [5.41, 5.74) is -1.20. The summed E-state index contributed by atoms with van der Waals surface area (Å²) in [6.45, 7) is 15.9. The fourth-order valence-electron chi connectivity index (χ4n) is 3.66. The fourth-order valence-corrected chi connectivity index (χ4v) is 3.66. The van der Waals surface area contributed by atoms with Crippen LogP contribution in [0.25, 0.3) is 0 Å². The number of amides is 2. The van der Waals surface area contributed by atoms with E-state index in [0.29, 0.717) is 25.7 Å². The van der Waals surface area contributed by atoms with E-state index in [2.05, 4.69) is 23.8 Å². The van der Waals surface area contributed by atoms with E-state index < -0.39 is 35.1 Å². The molecular weight excluding hydrogens is 432 g/mol. The highest BCUT2D eigenvalue weighted by Crippen LogP contribution is 2.45. The van der Waals surface area contributed by atoms with E-state index in [4.69, 9.17) is 14.6 Å². The Hall–Kier alpha value is -3.04. The van der Waals surface area contributed by atoms with Crippen molar-refractivity contribution < 1.29 is 38.9 Å². The van der Waals surface area contributed by atoms with Gasteiger partial charge in [0.25, 0.3) is 0 Å². The summed E-state index contributed by atoms with van der Waals surface area (Å²) in [6, 6.07) is 0. The van der Waals surface area contributed by atoms with Crippen LogP contribution < -0.4 is 10.6 Å². The van der Waals surface area contributed by atoms with E-state index in [9.17, 15) is 24.3 Å². The second-order valence-electron chi connectivity index (χ2n) is 8.91. The molecule has 0 heterocycles. The highest BCUT2D eigenvalue weighted by Gasteiger charge is 2.47. The molecule has 0 saturated heterocycles. The normalized spacial score (nSPS) is 13.7. The molecule has 10 nitrogen and oxygen atoms in total. The summed E-state index contributed by atoms with van der Waals surface area (Å²) in [5.74, 6) is -1.28. The van der Waals surface area contributed by atoms with Crippen LogP contribution in [0.3, 0.4) is 0 Å². The van der Waals surface area contributed by atoms with Crippen molar-refractivity contribution in [3.8, 4) is 0 Å². The number of ether oxygens (including phenoxy) is 2. The lowest BCUT2D eigenvalue weighted by molar-refractivity contribution is -0.142. The number of hydrogen-bond donors (Lipinski definition) is 4. The Balaban J connectivity index is 5.78. The van der Waals surface area contributed by atoms with Crippen LogP contribution in [0.4, 0.5) is 9.59 Å². The molecule has 0 aromatic carbocycles. The van der Waals surface area contributed by atoms with E-state index in [1.807, 2.05) is 6.92 Å². The highest BCUT2D eigenvalue weighted by atomic mass is 16.5. The quantitative estimate of drug-likeness (QED) is 0.161. The smallest absolute Gasteiger partial charge is 0.405 e. The zero-order valence-electron chi connectivity index (χ0n) is 20.3. The number of carbonyl (C=O) groups is 4. The first kappa shape index (κ1) is 30.0. The number of hydrogen-bond acceptors (Lipinski definition) is 6. The Bertz CT molecular complexity index is 747. The third-order valence-corrected chi connectivity index (χ3v) is 6.00. The minimum absolute atomic E-state index is 0.0301. The van der Waals surface area contributed by atoms with Gasteiger partial charge in [0.1, 0.15) is 0 Å². The van der Waals surface area contributed by atoms with Crippen molar-refractivity contribution in [1.29, 1.82) is 0 Å². The number of esters is 2. The van der Waals surface area contributed by atoms with Crippen LogP contribution in [0, 0.1) is 11.3 Å². The number of carbonyl (C=O) groups excluding carboxylic acids is 2. The topological polar surface area (TPSA) is 151 Å². The molecular formula is C23H38N2O8. The van der Waals surface area contributed by atoms with Crippen LogP contribution in [0.2, 0.25) is 0 Å². The van der Waals surface area contributed by atoms with Gasteiger partial charge >= 0.3 is 24.1 Å². The van der Waals surface area contributed by atoms with Crippen molar-refractivity contribution in [2.24, 2.45) is 11.3 Å². The molecule has 2 unspecified atom stereocenters. The van der Waals surface area contributed by atoms with Crippen molar-refractivity contribution in [3.63, 3.8) is 0 Å². The molecule has 0 aliphatic carbocycles. The van der Waals surface area contributed by atoms with Crippen LogP contribution in [-0.4, -0.2) is 59.6 Å². The molecule has 0 fully saturated rings. The molecule has 0 saturated carbocycles. The Labute approximate surface area is 195 Å². The lowest BCUT2D eigenvalue weighted by Gasteiger charge is -2.49. The van der Waals surface area contributed by atoms with Gasteiger partial charge in [0.15, 0.2) is 0 Å². The van der Waals surface area contributed by atoms with Gasteiger partial charge in [0.05, 0.1) is 13.2 Å². The summed E-state index contributed by atoms with van der Waals surface area (Å²) in [5, 5.41) is 23.1. The van der Waals surface area contributed by atoms with Gasteiger partial charge in [-0.2, -0.15) is 0 Å². The summed E-state index contributed by atoms with van der Waals surface area (Å²) >= 11 is 0. The van der Waals surface area contributed by atoms with Crippen LogP contribution in [-0.2, 0) is 19.1 Å². The molecule has 0 rings (SSSR count). The van der Waals surface area contributed by atoms with Gasteiger partial charge in [-0.1, -0.05) is 20.1 Å². The lowest BCUT2D eigenvalue weighted by Crippen LogP contribution is -2.58. The average Bonchev–Trinajstić information content (AvgIpc) is 2.67. The van der Waals surface area contributed by atoms with Crippen LogP contribution in [0.15, 0.2) is 24.3 Å². The lowest BCUT2D eigenvalue weighted by atomic mass is 9.60. The van der Waals surface area contributed by atoms with Gasteiger partial charge in [-0.05, 0) is 64.7 Å². The minimum atomic E-state index is -1.20. The Kier molecular flexibility index (Phi) is 12.3. The molecule has 0 radical (unpaired) electrons. The monoisotopic (exact) mass is 470 g/mol. The van der Waals surface area contributed by atoms with E-state index >= 15 is 0 Å². The number of carboxylic acid groups (broad SMARTS) is 2. The zero-order valence-corrected chi connectivity index (χ0v) is 20.3. The summed E-state index contributed by atoms with van der Waals surface area (Å²) in [6.07, 6.45) is -0.641. The highest BCUT2D eigenvalue weighted by molar-refractivity contribution is 5.87. The summed E-state index contributed by atoms with van der Waals surface area (Å²) in [4.78, 5) is 46.0. The molecule has 33 heavy (non-hydrogen) atoms. The maximum atomic E-state index is 11.9. The molecule has 0 spiro atoms. The molecule has 0 bridgehead atoms. The predicted octanol–water partition coefficient (Wildman–Crippen LogP) is 3.72. The van der Waals surface area contributed by atoms with Crippen LogP contribution in [0.5, 0.6) is 0 Å². The minimum Gasteiger partial charge on any atom is -0.465 e. The third kappa shape index (κ3) is 10.4. The van der Waals surface area contributed by atoms with Crippen LogP contribution in [0.1, 0.15) is 60.3 Å². The van der Waals surface area contributed by atoms with Gasteiger partial charge in [-0.3, -0.25) is 0 Å². The molecule has 2 amide bonds. The SMILES string of the molecule is C=C(C)C(=O)OCCC(CCCNC(=O)O)C(C)(CCOC(=O)C(=C)C)C(C)(C)NC(=O)O. The van der Waals surface area contributed by atoms with Crippen molar-refractivity contribution in [3.05, 3.63) is 24.3 Å². The van der Waals surface area contributed by atoms with Crippen molar-refractivity contribution in [2.45, 2.75) is 65.8 Å². The molecule has 4 N–H and O–H groups in total. The Morgan fingerprint density at radius 2 is 1.39 bits per heavy atom. The number of rotatable bonds is 15. The van der Waals surface area contributed by atoms with E-state index in [-0.39, 0.29) is 36.8 Å². The van der Waals surface area contributed by atoms with Gasteiger partial charge in [0, 0.05) is 23.2 Å². The molecule has 0 aliphatic rings. The van der Waals surface area contributed by atoms with Crippen molar-refractivity contribution in [1.82, 2.24) is 10.6 Å². The molecule has 0 aromatic rings. The first-order valence-electron chi connectivity index (χ1n) is 10.8. The summed E-state index contributed by atoms with van der Waals surface area (Å²) in [7, 11) is 0. The first-order chi connectivity index (χ1) is 15.1. The third-order valence-electron chi connectivity index (χ3n) is 6.00. The zero-order chi connectivity index (χ0) is 25.8. The maximum absolute atomic E-state index is 11.9. The van der Waals surface area contributed by atoms with Gasteiger partial charge in [-0.15, -0.1) is 0 Å². The average molecular weight is 471 g/mol. The van der Waals surface area contributed by atoms with Crippen molar-refractivity contribution in [2.75, 3.05) is 19.8 Å². The Morgan fingerprint density at radius 3 is 1.85 bits per heavy atom. The molecule has 0 aromatic heterocycles. The van der Waals surface area contributed by atoms with E-state index in [0.717, 1.165) is 0 Å². The Morgan fingerprint density at radius 1 is 0.879 bits per heavy atom. The standard InChI is InChI=1S/C23H38N2O8/c1-15(2)18(26)32-13-10-17(9-8-12-24-20(28)29)23(7,22(5,6)25-21(30)31)11-14-33-19(27)16(3)4/h17,24-25H,1,3,8-14H2,2,4-7H3,(H,28,29)(H,30,31). The largest absolute Gasteiger partial charge is 0.465 e. The molecule has 10 heteroatoms. The second-order valence-corrected chi connectivity index (χ2v) is 8.91. The predicted molar refractivity (Wildman–Crippen MR) is 123 cm³/mol. The van der Waals surface area contributed by atoms with E-state index in [1.165, 1.54) is 13.8 Å². The molecule has 0 aliphatic heterocycles. The van der Waals surface area contributed by atoms with Gasteiger partial charge < -0.3 is 30.3 Å². The van der Waals surface area contributed by atoms with Crippen LogP contribution >= 0.6 is 0 Å². The van der Waals surface area contributed by atoms with Crippen molar-refractivity contribution >= 4 is 24.1 Å². The first-order valence-corrected chi connectivity index (χ1v) is 10.8. The van der Waals surface area contributed by atoms with Gasteiger partial charge in [-0.25, -0.2) is 19.2 Å². The fraction of sp³-hybridized carbons (Fsp3) is 0.652. The second kappa shape index (κ2) is 13.5.